The summed E-state index contributed by atoms with van der Waals surface area (Å²) in [6.07, 6.45) is 9.53. The SMILES string of the molecule is CCCCC(=O)Nc1cncc(-c2ccc3[nH]nc(-c4nc5c(-c6cc(F)cc(C(N)S(C)(=O)=O)c6)cncc5[nH]4)c3n2)c1. The number of aromatic amines is 2. The number of pyridine rings is 3. The standard InChI is InChI=1S/C30H28FN9O3S/c1-3-4-5-25(41)35-20-11-18(12-33-13-20)22-6-7-23-27(36-22)28(40-39-23)30-37-24-15-34-14-21(26(24)38-30)16-8-17(10-19(31)9-16)29(32)44(2,42)43/h6-15,29H,3-5,32H2,1-2H3,(H,35,41)(H,37,38)(H,39,40). The minimum Gasteiger partial charge on any atom is -0.335 e. The molecule has 1 atom stereocenters. The number of benzene rings is 1. The number of H-pyrrole nitrogens is 2. The van der Waals surface area contributed by atoms with Crippen LogP contribution in [0.2, 0.25) is 0 Å². The average molecular weight is 614 g/mol. The van der Waals surface area contributed by atoms with Gasteiger partial charge in [0.05, 0.1) is 40.3 Å². The van der Waals surface area contributed by atoms with E-state index in [9.17, 15) is 17.6 Å². The van der Waals surface area contributed by atoms with Crippen molar-refractivity contribution in [3.05, 3.63) is 72.6 Å². The van der Waals surface area contributed by atoms with Gasteiger partial charge in [-0.2, -0.15) is 5.10 Å². The Morgan fingerprint density at radius 2 is 1.82 bits per heavy atom. The van der Waals surface area contributed by atoms with E-state index in [0.29, 0.717) is 68.1 Å². The fraction of sp³-hybridized carbons (Fsp3) is 0.200. The molecule has 5 N–H and O–H groups in total. The van der Waals surface area contributed by atoms with E-state index in [2.05, 4.69) is 30.5 Å². The number of carbonyl (C=O) groups is 1. The third-order valence-corrected chi connectivity index (χ3v) is 8.32. The molecule has 5 aromatic heterocycles. The molecule has 0 radical (unpaired) electrons. The second kappa shape index (κ2) is 11.5. The first-order valence-electron chi connectivity index (χ1n) is 13.8. The topological polar surface area (TPSA) is 185 Å². The highest BCUT2D eigenvalue weighted by atomic mass is 32.2. The largest absolute Gasteiger partial charge is 0.335 e. The van der Waals surface area contributed by atoms with Crippen molar-refractivity contribution in [3.63, 3.8) is 0 Å². The van der Waals surface area contributed by atoms with Crippen molar-refractivity contribution in [1.82, 2.24) is 35.1 Å². The molecular weight excluding hydrogens is 585 g/mol. The zero-order valence-electron chi connectivity index (χ0n) is 23.8. The first-order valence-corrected chi connectivity index (χ1v) is 15.8. The lowest BCUT2D eigenvalue weighted by molar-refractivity contribution is -0.116. The van der Waals surface area contributed by atoms with Gasteiger partial charge >= 0.3 is 0 Å². The Kier molecular flexibility index (Phi) is 7.61. The van der Waals surface area contributed by atoms with Crippen LogP contribution < -0.4 is 11.1 Å². The summed E-state index contributed by atoms with van der Waals surface area (Å²) in [5.41, 5.74) is 11.4. The summed E-state index contributed by atoms with van der Waals surface area (Å²) in [6, 6.07) is 9.38. The maximum absolute atomic E-state index is 14.6. The van der Waals surface area contributed by atoms with Gasteiger partial charge in [0.25, 0.3) is 0 Å². The second-order valence-electron chi connectivity index (χ2n) is 10.5. The normalized spacial score (nSPS) is 12.5. The number of nitrogens with two attached hydrogens (primary N) is 1. The van der Waals surface area contributed by atoms with Crippen LogP contribution in [-0.2, 0) is 14.6 Å². The van der Waals surface area contributed by atoms with E-state index in [-0.39, 0.29) is 11.5 Å². The second-order valence-corrected chi connectivity index (χ2v) is 12.6. The molecule has 0 fully saturated rings. The van der Waals surface area contributed by atoms with E-state index in [1.807, 2.05) is 25.1 Å². The number of anilines is 1. The van der Waals surface area contributed by atoms with Crippen LogP contribution in [-0.4, -0.2) is 55.7 Å². The van der Waals surface area contributed by atoms with E-state index in [4.69, 9.17) is 15.7 Å². The van der Waals surface area contributed by atoms with Crippen molar-refractivity contribution in [2.45, 2.75) is 31.6 Å². The van der Waals surface area contributed by atoms with Gasteiger partial charge in [-0.25, -0.2) is 22.8 Å². The highest BCUT2D eigenvalue weighted by molar-refractivity contribution is 7.90. The molecule has 0 saturated heterocycles. The molecule has 1 amide bonds. The number of nitrogens with zero attached hydrogens (tertiary/aromatic N) is 5. The third-order valence-electron chi connectivity index (χ3n) is 7.12. The number of rotatable bonds is 9. The lowest BCUT2D eigenvalue weighted by Gasteiger charge is -2.12. The lowest BCUT2D eigenvalue weighted by atomic mass is 10.0. The Morgan fingerprint density at radius 1 is 1.00 bits per heavy atom. The van der Waals surface area contributed by atoms with Crippen molar-refractivity contribution in [2.24, 2.45) is 5.73 Å². The molecule has 6 aromatic rings. The minimum atomic E-state index is -3.66. The molecule has 224 valence electrons. The van der Waals surface area contributed by atoms with E-state index in [1.165, 1.54) is 18.3 Å². The van der Waals surface area contributed by atoms with Crippen molar-refractivity contribution in [3.8, 4) is 33.9 Å². The van der Waals surface area contributed by atoms with Gasteiger partial charge in [0.2, 0.25) is 5.91 Å². The molecule has 6 rings (SSSR count). The Morgan fingerprint density at radius 3 is 2.61 bits per heavy atom. The molecule has 5 heterocycles. The molecule has 0 aliphatic carbocycles. The zero-order valence-corrected chi connectivity index (χ0v) is 24.6. The van der Waals surface area contributed by atoms with Crippen LogP contribution in [0.15, 0.2) is 61.2 Å². The molecular formula is C30H28FN9O3S. The molecule has 1 unspecified atom stereocenters. The van der Waals surface area contributed by atoms with Crippen LogP contribution in [0.3, 0.4) is 0 Å². The lowest BCUT2D eigenvalue weighted by Crippen LogP contribution is -2.20. The van der Waals surface area contributed by atoms with Gasteiger partial charge in [-0.15, -0.1) is 0 Å². The summed E-state index contributed by atoms with van der Waals surface area (Å²) in [6.45, 7) is 2.03. The average Bonchev–Trinajstić information content (AvgIpc) is 3.62. The molecule has 14 heteroatoms. The van der Waals surface area contributed by atoms with Crippen molar-refractivity contribution >= 4 is 43.5 Å². The quantitative estimate of drug-likeness (QED) is 0.176. The Labute approximate surface area is 251 Å². The van der Waals surface area contributed by atoms with Gasteiger partial charge in [0.1, 0.15) is 16.7 Å². The number of carbonyl (C=O) groups excluding carboxylic acids is 1. The highest BCUT2D eigenvalue weighted by Crippen LogP contribution is 2.33. The first kappa shape index (κ1) is 29.0. The Balaban J connectivity index is 1.38. The number of hydrogen-bond donors (Lipinski definition) is 4. The van der Waals surface area contributed by atoms with E-state index >= 15 is 0 Å². The summed E-state index contributed by atoms with van der Waals surface area (Å²) in [5.74, 6) is -0.319. The van der Waals surface area contributed by atoms with Crippen molar-refractivity contribution in [2.75, 3.05) is 11.6 Å². The van der Waals surface area contributed by atoms with Crippen LogP contribution in [0.1, 0.15) is 37.1 Å². The van der Waals surface area contributed by atoms with Crippen LogP contribution >= 0.6 is 0 Å². The molecule has 0 bridgehead atoms. The summed E-state index contributed by atoms with van der Waals surface area (Å²) in [4.78, 5) is 33.6. The molecule has 1 aromatic carbocycles. The third kappa shape index (κ3) is 5.76. The fourth-order valence-corrected chi connectivity index (χ4v) is 5.50. The number of amides is 1. The minimum absolute atomic E-state index is 0.0715. The molecule has 0 aliphatic rings. The number of nitrogens with one attached hydrogen (secondary N) is 3. The molecule has 0 saturated carbocycles. The summed E-state index contributed by atoms with van der Waals surface area (Å²) in [7, 11) is -3.66. The first-order chi connectivity index (χ1) is 21.1. The number of hydrogen-bond acceptors (Lipinski definition) is 9. The molecule has 12 nitrogen and oxygen atoms in total. The number of sulfone groups is 1. The van der Waals surface area contributed by atoms with Gasteiger partial charge in [-0.3, -0.25) is 19.9 Å². The Bertz CT molecular complexity index is 2140. The van der Waals surface area contributed by atoms with Crippen molar-refractivity contribution in [1.29, 1.82) is 0 Å². The van der Waals surface area contributed by atoms with Crippen LogP contribution in [0, 0.1) is 5.82 Å². The van der Waals surface area contributed by atoms with Crippen LogP contribution in [0.25, 0.3) is 56.0 Å². The number of halogens is 1. The highest BCUT2D eigenvalue weighted by Gasteiger charge is 2.21. The van der Waals surface area contributed by atoms with Crippen molar-refractivity contribution < 1.29 is 17.6 Å². The predicted molar refractivity (Wildman–Crippen MR) is 165 cm³/mol. The molecule has 0 spiro atoms. The summed E-state index contributed by atoms with van der Waals surface area (Å²) < 4.78 is 38.7. The number of fused-ring (bicyclic) bond motifs is 2. The van der Waals surface area contributed by atoms with Gasteiger partial charge < -0.3 is 16.0 Å². The van der Waals surface area contributed by atoms with Crippen LogP contribution in [0.5, 0.6) is 0 Å². The van der Waals surface area contributed by atoms with E-state index in [1.54, 1.807) is 18.6 Å². The summed E-state index contributed by atoms with van der Waals surface area (Å²) in [5, 5.41) is 8.91. The zero-order chi connectivity index (χ0) is 31.0. The maximum atomic E-state index is 14.6. The molecule has 44 heavy (non-hydrogen) atoms. The monoisotopic (exact) mass is 613 g/mol. The van der Waals surface area contributed by atoms with E-state index < -0.39 is 21.0 Å². The smallest absolute Gasteiger partial charge is 0.224 e. The van der Waals surface area contributed by atoms with E-state index in [0.717, 1.165) is 25.2 Å². The summed E-state index contributed by atoms with van der Waals surface area (Å²) >= 11 is 0. The van der Waals surface area contributed by atoms with Gasteiger partial charge in [-0.1, -0.05) is 13.3 Å². The van der Waals surface area contributed by atoms with Gasteiger partial charge in [0.15, 0.2) is 21.4 Å². The fourth-order valence-electron chi connectivity index (χ4n) is 4.87. The predicted octanol–water partition coefficient (Wildman–Crippen LogP) is 4.89. The van der Waals surface area contributed by atoms with Gasteiger partial charge in [0, 0.05) is 36.2 Å². The van der Waals surface area contributed by atoms with Gasteiger partial charge in [-0.05, 0) is 53.9 Å². The maximum Gasteiger partial charge on any atom is 0.224 e. The van der Waals surface area contributed by atoms with Crippen LogP contribution in [0.4, 0.5) is 10.1 Å². The molecule has 0 aliphatic heterocycles. The number of imidazole rings is 1. The Hall–Kier alpha value is -5.08. The number of aromatic nitrogens is 7. The number of unbranched alkanes of at least 4 members (excludes halogenated alkanes) is 1.